The van der Waals surface area contributed by atoms with Crippen LogP contribution in [0.2, 0.25) is 0 Å². The maximum absolute atomic E-state index is 9.85. The van der Waals surface area contributed by atoms with E-state index in [2.05, 4.69) is 17.0 Å². The lowest BCUT2D eigenvalue weighted by molar-refractivity contribution is 0.131. The number of nitrogens with two attached hydrogens (primary N) is 1. The zero-order chi connectivity index (χ0) is 12.5. The second-order valence-corrected chi connectivity index (χ2v) is 5.45. The van der Waals surface area contributed by atoms with Crippen molar-refractivity contribution in [2.24, 2.45) is 5.73 Å². The number of aliphatic hydroxyl groups excluding tert-OH is 1. The van der Waals surface area contributed by atoms with Gasteiger partial charge in [0.1, 0.15) is 5.82 Å². The first-order chi connectivity index (χ1) is 8.74. The van der Waals surface area contributed by atoms with Crippen LogP contribution in [0.15, 0.2) is 12.1 Å². The number of aromatic nitrogens is 1. The Bertz CT molecular complexity index is 435. The molecule has 2 atom stereocenters. The number of piperidine rings is 1. The van der Waals surface area contributed by atoms with Crippen LogP contribution in [0.3, 0.4) is 0 Å². The number of aryl methyl sites for hydroxylation is 2. The molecule has 2 heterocycles. The summed E-state index contributed by atoms with van der Waals surface area (Å²) in [5.74, 6) is 1.00. The average Bonchev–Trinajstić information content (AvgIpc) is 2.41. The number of nitrogens with zero attached hydrogens (tertiary/aromatic N) is 2. The lowest BCUT2D eigenvalue weighted by atomic mass is 9.96. The molecule has 1 aliphatic carbocycles. The van der Waals surface area contributed by atoms with E-state index in [0.29, 0.717) is 6.54 Å². The fourth-order valence-electron chi connectivity index (χ4n) is 2.90. The Hall–Kier alpha value is -1.13. The van der Waals surface area contributed by atoms with E-state index < -0.39 is 6.10 Å². The number of fused-ring (bicyclic) bond motifs is 1. The van der Waals surface area contributed by atoms with Gasteiger partial charge in [-0.15, -0.1) is 0 Å². The van der Waals surface area contributed by atoms with Crippen LogP contribution in [0.25, 0.3) is 0 Å². The topological polar surface area (TPSA) is 62.4 Å². The average molecular weight is 247 g/mol. The van der Waals surface area contributed by atoms with Gasteiger partial charge in [0, 0.05) is 24.8 Å². The number of anilines is 1. The van der Waals surface area contributed by atoms with Gasteiger partial charge in [0.15, 0.2) is 0 Å². The maximum Gasteiger partial charge on any atom is 0.128 e. The summed E-state index contributed by atoms with van der Waals surface area (Å²) in [7, 11) is 0. The van der Waals surface area contributed by atoms with Crippen LogP contribution in [0.1, 0.15) is 30.5 Å². The summed E-state index contributed by atoms with van der Waals surface area (Å²) in [6.07, 6.45) is 5.19. The molecule has 0 aromatic carbocycles. The number of hydrogen-bond donors (Lipinski definition) is 2. The molecule has 0 saturated carbocycles. The number of aliphatic hydroxyl groups is 1. The van der Waals surface area contributed by atoms with E-state index in [1.807, 2.05) is 0 Å². The molecule has 1 aromatic rings. The standard InChI is InChI=1S/C14H21N3O/c15-11-7-8-17(9-13(11)18)14-6-5-10-3-1-2-4-12(10)16-14/h5-6,11,13,18H,1-4,7-9,15H2/t11-,13-/m1/s1. The van der Waals surface area contributed by atoms with Crippen LogP contribution in [-0.2, 0) is 12.8 Å². The summed E-state index contributed by atoms with van der Waals surface area (Å²) < 4.78 is 0. The molecular formula is C14H21N3O. The van der Waals surface area contributed by atoms with Crippen molar-refractivity contribution in [2.45, 2.75) is 44.2 Å². The largest absolute Gasteiger partial charge is 0.390 e. The Morgan fingerprint density at radius 1 is 1.28 bits per heavy atom. The third-order valence-corrected chi connectivity index (χ3v) is 4.12. The molecule has 0 spiro atoms. The van der Waals surface area contributed by atoms with Gasteiger partial charge in [0.25, 0.3) is 0 Å². The van der Waals surface area contributed by atoms with Crippen molar-refractivity contribution in [1.29, 1.82) is 0 Å². The molecule has 3 rings (SSSR count). The molecule has 3 N–H and O–H groups in total. The third kappa shape index (κ3) is 2.22. The van der Waals surface area contributed by atoms with Gasteiger partial charge in [0.2, 0.25) is 0 Å². The zero-order valence-electron chi connectivity index (χ0n) is 10.7. The van der Waals surface area contributed by atoms with Crippen molar-refractivity contribution in [3.63, 3.8) is 0 Å². The summed E-state index contributed by atoms with van der Waals surface area (Å²) in [6.45, 7) is 1.50. The monoisotopic (exact) mass is 247 g/mol. The minimum atomic E-state index is -0.434. The van der Waals surface area contributed by atoms with Crippen molar-refractivity contribution < 1.29 is 5.11 Å². The van der Waals surface area contributed by atoms with E-state index in [9.17, 15) is 5.11 Å². The molecule has 4 nitrogen and oxygen atoms in total. The molecule has 1 fully saturated rings. The molecule has 1 aliphatic heterocycles. The highest BCUT2D eigenvalue weighted by molar-refractivity contribution is 5.43. The van der Waals surface area contributed by atoms with Crippen molar-refractivity contribution >= 4 is 5.82 Å². The molecule has 1 aromatic heterocycles. The van der Waals surface area contributed by atoms with Crippen LogP contribution >= 0.6 is 0 Å². The smallest absolute Gasteiger partial charge is 0.128 e. The van der Waals surface area contributed by atoms with Crippen molar-refractivity contribution in [3.05, 3.63) is 23.4 Å². The number of pyridine rings is 1. The van der Waals surface area contributed by atoms with E-state index in [-0.39, 0.29) is 6.04 Å². The highest BCUT2D eigenvalue weighted by Gasteiger charge is 2.26. The van der Waals surface area contributed by atoms with Gasteiger partial charge in [-0.3, -0.25) is 0 Å². The van der Waals surface area contributed by atoms with E-state index in [1.165, 1.54) is 24.1 Å². The predicted molar refractivity (Wildman–Crippen MR) is 71.7 cm³/mol. The third-order valence-electron chi connectivity index (χ3n) is 4.12. The first-order valence-corrected chi connectivity index (χ1v) is 6.91. The number of rotatable bonds is 1. The molecule has 4 heteroatoms. The Labute approximate surface area is 108 Å². The minimum Gasteiger partial charge on any atom is -0.390 e. The Kier molecular flexibility index (Phi) is 3.22. The summed E-state index contributed by atoms with van der Waals surface area (Å²) in [5.41, 5.74) is 8.49. The summed E-state index contributed by atoms with van der Waals surface area (Å²) in [6, 6.07) is 4.21. The van der Waals surface area contributed by atoms with E-state index >= 15 is 0 Å². The Balaban J connectivity index is 1.80. The second kappa shape index (κ2) is 4.86. The first-order valence-electron chi connectivity index (χ1n) is 6.91. The summed E-state index contributed by atoms with van der Waals surface area (Å²) in [4.78, 5) is 6.93. The molecule has 18 heavy (non-hydrogen) atoms. The predicted octanol–water partition coefficient (Wildman–Crippen LogP) is 0.859. The molecule has 98 valence electrons. The molecular weight excluding hydrogens is 226 g/mol. The normalized spacial score (nSPS) is 28.0. The minimum absolute atomic E-state index is 0.0844. The van der Waals surface area contributed by atoms with Crippen LogP contribution in [-0.4, -0.2) is 35.3 Å². The number of hydrogen-bond acceptors (Lipinski definition) is 4. The van der Waals surface area contributed by atoms with Crippen LogP contribution < -0.4 is 10.6 Å². The van der Waals surface area contributed by atoms with Gasteiger partial charge < -0.3 is 15.7 Å². The SMILES string of the molecule is N[C@@H]1CCN(c2ccc3c(n2)CCCC3)C[C@H]1O. The molecule has 0 unspecified atom stereocenters. The van der Waals surface area contributed by atoms with E-state index in [0.717, 1.165) is 31.6 Å². The van der Waals surface area contributed by atoms with Gasteiger partial charge in [-0.2, -0.15) is 0 Å². The van der Waals surface area contributed by atoms with Crippen LogP contribution in [0.5, 0.6) is 0 Å². The molecule has 0 radical (unpaired) electrons. The van der Waals surface area contributed by atoms with Gasteiger partial charge in [0.05, 0.1) is 6.10 Å². The molecule has 1 saturated heterocycles. The lowest BCUT2D eigenvalue weighted by Crippen LogP contribution is -2.50. The van der Waals surface area contributed by atoms with Gasteiger partial charge in [-0.25, -0.2) is 4.98 Å². The van der Waals surface area contributed by atoms with Gasteiger partial charge >= 0.3 is 0 Å². The Morgan fingerprint density at radius 3 is 2.94 bits per heavy atom. The first kappa shape index (κ1) is 11.9. The lowest BCUT2D eigenvalue weighted by Gasteiger charge is -2.35. The molecule has 0 amide bonds. The Morgan fingerprint density at radius 2 is 2.11 bits per heavy atom. The van der Waals surface area contributed by atoms with Crippen LogP contribution in [0.4, 0.5) is 5.82 Å². The van der Waals surface area contributed by atoms with Gasteiger partial charge in [-0.05, 0) is 43.7 Å². The zero-order valence-corrected chi connectivity index (χ0v) is 10.7. The van der Waals surface area contributed by atoms with Gasteiger partial charge in [-0.1, -0.05) is 6.07 Å². The highest BCUT2D eigenvalue weighted by Crippen LogP contribution is 2.24. The van der Waals surface area contributed by atoms with Crippen molar-refractivity contribution in [1.82, 2.24) is 4.98 Å². The second-order valence-electron chi connectivity index (χ2n) is 5.45. The summed E-state index contributed by atoms with van der Waals surface area (Å²) >= 11 is 0. The molecule has 0 bridgehead atoms. The molecule has 2 aliphatic rings. The fourth-order valence-corrected chi connectivity index (χ4v) is 2.90. The quantitative estimate of drug-likeness (QED) is 0.772. The van der Waals surface area contributed by atoms with Crippen molar-refractivity contribution in [3.8, 4) is 0 Å². The fraction of sp³-hybridized carbons (Fsp3) is 0.643. The van der Waals surface area contributed by atoms with E-state index in [4.69, 9.17) is 10.7 Å². The maximum atomic E-state index is 9.85. The van der Waals surface area contributed by atoms with Crippen LogP contribution in [0, 0.1) is 0 Å². The van der Waals surface area contributed by atoms with Crippen molar-refractivity contribution in [2.75, 3.05) is 18.0 Å². The van der Waals surface area contributed by atoms with E-state index in [1.54, 1.807) is 0 Å². The number of β-amino-alcohol motifs (C(OH)–C–C–N with tert-alkyl or cyclic N) is 1. The highest BCUT2D eigenvalue weighted by atomic mass is 16.3. The summed E-state index contributed by atoms with van der Waals surface area (Å²) in [5, 5.41) is 9.85.